The minimum absolute atomic E-state index is 0.0301. The molecule has 0 radical (unpaired) electrons. The zero-order chi connectivity index (χ0) is 24.1. The number of rotatable bonds is 7. The summed E-state index contributed by atoms with van der Waals surface area (Å²) in [6, 6.07) is 20.7. The molecule has 1 aromatic heterocycles. The number of hydrazone groups is 1. The molecular formula is C25H19N4O4S-. The van der Waals surface area contributed by atoms with Crippen molar-refractivity contribution in [3.63, 3.8) is 0 Å². The number of thioether (sulfide) groups is 1. The standard InChI is InChI=1S/C25H20N4O4S/c1-16-8-2-7-13-21(16)29-23(31)19-11-5-6-12-20(19)27-25(29)34-15-22(30)28-26-14-17-9-3-4-10-18(17)24(32)33/h2-14H,15H2,1H3,(H,28,30)(H,32,33)/p-1/b26-14-. The largest absolute Gasteiger partial charge is 0.545 e. The summed E-state index contributed by atoms with van der Waals surface area (Å²) in [7, 11) is 0. The lowest BCUT2D eigenvalue weighted by Gasteiger charge is -2.14. The predicted molar refractivity (Wildman–Crippen MR) is 129 cm³/mol. The van der Waals surface area contributed by atoms with Crippen LogP contribution in [0.15, 0.2) is 87.8 Å². The zero-order valence-corrected chi connectivity index (χ0v) is 18.9. The van der Waals surface area contributed by atoms with E-state index in [0.717, 1.165) is 17.3 Å². The number of aromatic carboxylic acids is 1. The van der Waals surface area contributed by atoms with E-state index < -0.39 is 11.9 Å². The predicted octanol–water partition coefficient (Wildman–Crippen LogP) is 2.30. The van der Waals surface area contributed by atoms with Crippen LogP contribution in [0.25, 0.3) is 16.6 Å². The number of carboxylic acids is 1. The molecule has 1 heterocycles. The minimum atomic E-state index is -1.33. The molecule has 0 aliphatic rings. The van der Waals surface area contributed by atoms with Crippen molar-refractivity contribution in [1.82, 2.24) is 15.0 Å². The first kappa shape index (κ1) is 22.9. The molecule has 4 rings (SSSR count). The van der Waals surface area contributed by atoms with E-state index >= 15 is 0 Å². The van der Waals surface area contributed by atoms with Crippen molar-refractivity contribution in [1.29, 1.82) is 0 Å². The molecule has 0 unspecified atom stereocenters. The van der Waals surface area contributed by atoms with Crippen LogP contribution in [-0.4, -0.2) is 33.4 Å². The van der Waals surface area contributed by atoms with Crippen LogP contribution in [0.1, 0.15) is 21.5 Å². The second kappa shape index (κ2) is 10.1. The third-order valence-corrected chi connectivity index (χ3v) is 5.95. The first-order valence-corrected chi connectivity index (χ1v) is 11.3. The fourth-order valence-electron chi connectivity index (χ4n) is 3.37. The van der Waals surface area contributed by atoms with Crippen molar-refractivity contribution in [2.45, 2.75) is 12.1 Å². The Kier molecular flexibility index (Phi) is 6.84. The molecule has 0 fully saturated rings. The third kappa shape index (κ3) is 4.89. The van der Waals surface area contributed by atoms with Crippen LogP contribution >= 0.6 is 11.8 Å². The summed E-state index contributed by atoms with van der Waals surface area (Å²) in [5, 5.41) is 15.9. The molecule has 0 atom stereocenters. The lowest BCUT2D eigenvalue weighted by molar-refractivity contribution is -0.255. The molecule has 0 saturated heterocycles. The summed E-state index contributed by atoms with van der Waals surface area (Å²) in [5.74, 6) is -1.83. The molecule has 1 N–H and O–H groups in total. The highest BCUT2D eigenvalue weighted by Crippen LogP contribution is 2.23. The highest BCUT2D eigenvalue weighted by atomic mass is 32.2. The van der Waals surface area contributed by atoms with Crippen molar-refractivity contribution in [2.75, 3.05) is 5.75 Å². The number of carbonyl (C=O) groups is 2. The van der Waals surface area contributed by atoms with Crippen LogP contribution in [-0.2, 0) is 4.79 Å². The van der Waals surface area contributed by atoms with E-state index in [9.17, 15) is 19.5 Å². The third-order valence-electron chi connectivity index (χ3n) is 5.01. The number of nitrogens with one attached hydrogen (secondary N) is 1. The van der Waals surface area contributed by atoms with Crippen LogP contribution < -0.4 is 16.1 Å². The van der Waals surface area contributed by atoms with Gasteiger partial charge in [0.15, 0.2) is 5.16 Å². The second-order valence-corrected chi connectivity index (χ2v) is 8.24. The van der Waals surface area contributed by atoms with Gasteiger partial charge < -0.3 is 9.90 Å². The number of carboxylic acid groups (broad SMARTS) is 1. The van der Waals surface area contributed by atoms with E-state index in [-0.39, 0.29) is 16.9 Å². The minimum Gasteiger partial charge on any atom is -0.545 e. The van der Waals surface area contributed by atoms with Crippen LogP contribution in [0.5, 0.6) is 0 Å². The highest BCUT2D eigenvalue weighted by molar-refractivity contribution is 7.99. The highest BCUT2D eigenvalue weighted by Gasteiger charge is 2.15. The van der Waals surface area contributed by atoms with Crippen LogP contribution in [0.3, 0.4) is 0 Å². The number of hydrogen-bond donors (Lipinski definition) is 1. The number of hydrogen-bond acceptors (Lipinski definition) is 7. The normalized spacial score (nSPS) is 11.1. The van der Waals surface area contributed by atoms with Gasteiger partial charge in [0.05, 0.1) is 34.5 Å². The van der Waals surface area contributed by atoms with E-state index in [1.54, 1.807) is 42.5 Å². The average molecular weight is 472 g/mol. The van der Waals surface area contributed by atoms with Crippen LogP contribution in [0.4, 0.5) is 0 Å². The SMILES string of the molecule is Cc1ccccc1-n1c(SCC(=O)N/N=C\c2ccccc2C(=O)[O-])nc2ccccc2c1=O. The van der Waals surface area contributed by atoms with Gasteiger partial charge in [-0.3, -0.25) is 14.2 Å². The van der Waals surface area contributed by atoms with Gasteiger partial charge >= 0.3 is 0 Å². The van der Waals surface area contributed by atoms with E-state index in [1.165, 1.54) is 16.8 Å². The molecule has 0 aliphatic heterocycles. The van der Waals surface area contributed by atoms with Gasteiger partial charge in [-0.05, 0) is 30.7 Å². The van der Waals surface area contributed by atoms with Crippen LogP contribution in [0.2, 0.25) is 0 Å². The average Bonchev–Trinajstić information content (AvgIpc) is 2.84. The summed E-state index contributed by atoms with van der Waals surface area (Å²) in [5.41, 5.74) is 4.54. The molecule has 1 amide bonds. The first-order chi connectivity index (χ1) is 16.5. The van der Waals surface area contributed by atoms with Gasteiger partial charge in [-0.1, -0.05) is 66.4 Å². The zero-order valence-electron chi connectivity index (χ0n) is 18.1. The second-order valence-electron chi connectivity index (χ2n) is 7.30. The van der Waals surface area contributed by atoms with E-state index in [2.05, 4.69) is 15.5 Å². The van der Waals surface area contributed by atoms with Crippen molar-refractivity contribution in [3.05, 3.63) is 99.8 Å². The molecule has 3 aromatic carbocycles. The number of para-hydroxylation sites is 2. The number of aromatic nitrogens is 2. The van der Waals surface area contributed by atoms with E-state index in [0.29, 0.717) is 27.3 Å². The maximum absolute atomic E-state index is 13.3. The topological polar surface area (TPSA) is 116 Å². The maximum Gasteiger partial charge on any atom is 0.266 e. The van der Waals surface area contributed by atoms with Crippen molar-refractivity contribution in [3.8, 4) is 5.69 Å². The summed E-state index contributed by atoms with van der Waals surface area (Å²) in [6.07, 6.45) is 1.24. The Labute approximate surface area is 199 Å². The van der Waals surface area contributed by atoms with Crippen LogP contribution in [0, 0.1) is 6.92 Å². The summed E-state index contributed by atoms with van der Waals surface area (Å²) >= 11 is 1.10. The van der Waals surface area contributed by atoms with Gasteiger partial charge in [0.2, 0.25) is 0 Å². The molecule has 0 aliphatic carbocycles. The van der Waals surface area contributed by atoms with Gasteiger partial charge in [0.25, 0.3) is 11.5 Å². The Morgan fingerprint density at radius 1 is 1.06 bits per heavy atom. The summed E-state index contributed by atoms with van der Waals surface area (Å²) in [4.78, 5) is 41.5. The Hall–Kier alpha value is -4.24. The number of amides is 1. The van der Waals surface area contributed by atoms with Crippen molar-refractivity contribution < 1.29 is 14.7 Å². The van der Waals surface area contributed by atoms with Crippen molar-refractivity contribution in [2.24, 2.45) is 5.10 Å². The molecular weight excluding hydrogens is 452 g/mol. The van der Waals surface area contributed by atoms with Crippen molar-refractivity contribution >= 4 is 40.8 Å². The molecule has 170 valence electrons. The Bertz CT molecular complexity index is 1480. The van der Waals surface area contributed by atoms with Gasteiger partial charge in [-0.2, -0.15) is 5.10 Å². The molecule has 8 nitrogen and oxygen atoms in total. The summed E-state index contributed by atoms with van der Waals surface area (Å²) in [6.45, 7) is 1.90. The Morgan fingerprint density at radius 2 is 1.76 bits per heavy atom. The monoisotopic (exact) mass is 471 g/mol. The molecule has 4 aromatic rings. The Balaban J connectivity index is 1.57. The molecule has 0 bridgehead atoms. The van der Waals surface area contributed by atoms with Gasteiger partial charge in [0, 0.05) is 11.1 Å². The summed E-state index contributed by atoms with van der Waals surface area (Å²) < 4.78 is 1.51. The Morgan fingerprint density at radius 3 is 2.56 bits per heavy atom. The van der Waals surface area contributed by atoms with Gasteiger partial charge in [-0.15, -0.1) is 0 Å². The lowest BCUT2D eigenvalue weighted by Crippen LogP contribution is -2.25. The number of nitrogens with zero attached hydrogens (tertiary/aromatic N) is 3. The fraction of sp³-hybridized carbons (Fsp3) is 0.0800. The fourth-order valence-corrected chi connectivity index (χ4v) is 4.17. The van der Waals surface area contributed by atoms with E-state index in [4.69, 9.17) is 0 Å². The van der Waals surface area contributed by atoms with E-state index in [1.807, 2.05) is 31.2 Å². The smallest absolute Gasteiger partial charge is 0.266 e. The molecule has 9 heteroatoms. The number of benzene rings is 3. The maximum atomic E-state index is 13.3. The number of aryl methyl sites for hydroxylation is 1. The first-order valence-electron chi connectivity index (χ1n) is 10.3. The lowest BCUT2D eigenvalue weighted by atomic mass is 10.1. The van der Waals surface area contributed by atoms with Gasteiger partial charge in [-0.25, -0.2) is 10.4 Å². The number of carbonyl (C=O) groups excluding carboxylic acids is 2. The van der Waals surface area contributed by atoms with Gasteiger partial charge in [0.1, 0.15) is 0 Å². The number of fused-ring (bicyclic) bond motifs is 1. The molecule has 0 spiro atoms. The molecule has 0 saturated carbocycles. The quantitative estimate of drug-likeness (QED) is 0.191. The molecule has 34 heavy (non-hydrogen) atoms.